The number of alkyl halides is 3. The number of rotatable bonds is 4. The van der Waals surface area contributed by atoms with Crippen LogP contribution in [0.25, 0.3) is 0 Å². The Hall–Kier alpha value is -2.16. The van der Waals surface area contributed by atoms with Crippen LogP contribution in [0, 0.1) is 6.92 Å². The average Bonchev–Trinajstić information content (AvgIpc) is 2.91. The van der Waals surface area contributed by atoms with Crippen molar-refractivity contribution in [2.45, 2.75) is 38.5 Å². The fourth-order valence-corrected chi connectivity index (χ4v) is 3.42. The molecule has 1 aliphatic rings. The Bertz CT molecular complexity index is 757. The summed E-state index contributed by atoms with van der Waals surface area (Å²) in [7, 11) is 3.70. The van der Waals surface area contributed by atoms with E-state index >= 15 is 0 Å². The molecule has 1 fully saturated rings. The molecule has 0 N–H and O–H groups in total. The van der Waals surface area contributed by atoms with Gasteiger partial charge < -0.3 is 4.90 Å². The van der Waals surface area contributed by atoms with Gasteiger partial charge in [-0.15, -0.1) is 0 Å². The zero-order valence-corrected chi connectivity index (χ0v) is 15.2. The second-order valence-electron chi connectivity index (χ2n) is 6.81. The van der Waals surface area contributed by atoms with E-state index in [2.05, 4.69) is 20.0 Å². The third-order valence-electron chi connectivity index (χ3n) is 4.84. The molecule has 2 aromatic heterocycles. The van der Waals surface area contributed by atoms with Crippen LogP contribution in [-0.4, -0.2) is 50.8 Å². The molecule has 1 aliphatic heterocycles. The maximum Gasteiger partial charge on any atom is 0.433 e. The molecule has 0 aliphatic carbocycles. The molecule has 142 valence electrons. The standard InChI is InChI=1S/C17H23F3N6/c1-12-13(8-24(2)23-12)9-26-6-4-5-14(10-26)25(3)16-7-15(17(18,19)20)21-11-22-16/h7-8,11,14H,4-6,9-10H2,1-3H3. The molecule has 3 heterocycles. The Labute approximate surface area is 150 Å². The molecule has 1 atom stereocenters. The number of hydrogen-bond donors (Lipinski definition) is 0. The molecule has 2 aromatic rings. The molecule has 6 nitrogen and oxygen atoms in total. The molecule has 0 aromatic carbocycles. The lowest BCUT2D eigenvalue weighted by molar-refractivity contribution is -0.141. The summed E-state index contributed by atoms with van der Waals surface area (Å²) < 4.78 is 40.5. The summed E-state index contributed by atoms with van der Waals surface area (Å²) in [4.78, 5) is 11.5. The number of aryl methyl sites for hydroxylation is 2. The topological polar surface area (TPSA) is 50.1 Å². The van der Waals surface area contributed by atoms with E-state index in [-0.39, 0.29) is 6.04 Å². The zero-order chi connectivity index (χ0) is 18.9. The minimum atomic E-state index is -4.46. The number of hydrogen-bond acceptors (Lipinski definition) is 5. The summed E-state index contributed by atoms with van der Waals surface area (Å²) in [5, 5.41) is 4.37. The van der Waals surface area contributed by atoms with Gasteiger partial charge in [0.15, 0.2) is 0 Å². The first-order valence-electron chi connectivity index (χ1n) is 8.57. The fraction of sp³-hybridized carbons (Fsp3) is 0.588. The van der Waals surface area contributed by atoms with E-state index in [9.17, 15) is 13.2 Å². The van der Waals surface area contributed by atoms with Crippen molar-refractivity contribution in [3.63, 3.8) is 0 Å². The second kappa shape index (κ2) is 7.22. The summed E-state index contributed by atoms with van der Waals surface area (Å²) in [6, 6.07) is 1.13. The van der Waals surface area contributed by atoms with Gasteiger partial charge in [0.2, 0.25) is 0 Å². The third-order valence-corrected chi connectivity index (χ3v) is 4.84. The van der Waals surface area contributed by atoms with E-state index in [1.165, 1.54) is 5.56 Å². The highest BCUT2D eigenvalue weighted by Gasteiger charge is 2.34. The predicted octanol–water partition coefficient (Wildman–Crippen LogP) is 2.64. The van der Waals surface area contributed by atoms with Crippen molar-refractivity contribution < 1.29 is 13.2 Å². The number of halogens is 3. The average molecular weight is 368 g/mol. The molecule has 1 saturated heterocycles. The third kappa shape index (κ3) is 4.14. The molecule has 1 unspecified atom stereocenters. The van der Waals surface area contributed by atoms with Crippen LogP contribution in [0.3, 0.4) is 0 Å². The van der Waals surface area contributed by atoms with E-state index in [1.807, 2.05) is 25.1 Å². The van der Waals surface area contributed by atoms with Crippen LogP contribution in [0.4, 0.5) is 19.0 Å². The van der Waals surface area contributed by atoms with E-state index in [0.717, 1.165) is 50.6 Å². The van der Waals surface area contributed by atoms with Crippen molar-refractivity contribution in [2.75, 3.05) is 25.0 Å². The van der Waals surface area contributed by atoms with E-state index < -0.39 is 11.9 Å². The number of likely N-dealkylation sites (N-methyl/N-ethyl adjacent to an activating group) is 1. The maximum absolute atomic E-state index is 12.9. The van der Waals surface area contributed by atoms with Gasteiger partial charge in [-0.25, -0.2) is 9.97 Å². The van der Waals surface area contributed by atoms with E-state index in [1.54, 1.807) is 11.7 Å². The molecule has 26 heavy (non-hydrogen) atoms. The number of nitrogens with zero attached hydrogens (tertiary/aromatic N) is 6. The summed E-state index contributed by atoms with van der Waals surface area (Å²) in [5.74, 6) is 0.303. The number of aromatic nitrogens is 4. The quantitative estimate of drug-likeness (QED) is 0.830. The van der Waals surface area contributed by atoms with Crippen molar-refractivity contribution >= 4 is 5.82 Å². The van der Waals surface area contributed by atoms with Crippen molar-refractivity contribution in [3.05, 3.63) is 35.5 Å². The highest BCUT2D eigenvalue weighted by atomic mass is 19.4. The van der Waals surface area contributed by atoms with Crippen LogP contribution in [-0.2, 0) is 19.8 Å². The molecule has 9 heteroatoms. The van der Waals surface area contributed by atoms with Crippen molar-refractivity contribution in [3.8, 4) is 0 Å². The van der Waals surface area contributed by atoms with Crippen molar-refractivity contribution in [2.24, 2.45) is 7.05 Å². The Morgan fingerprint density at radius 2 is 2.08 bits per heavy atom. The summed E-state index contributed by atoms with van der Waals surface area (Å²) in [5.41, 5.74) is 1.28. The minimum absolute atomic E-state index is 0.108. The van der Waals surface area contributed by atoms with Crippen molar-refractivity contribution in [1.82, 2.24) is 24.6 Å². The first-order chi connectivity index (χ1) is 12.2. The molecular formula is C17H23F3N6. The molecule has 3 rings (SSSR count). The monoisotopic (exact) mass is 368 g/mol. The van der Waals surface area contributed by atoms with Crippen molar-refractivity contribution in [1.29, 1.82) is 0 Å². The van der Waals surface area contributed by atoms with Gasteiger partial charge >= 0.3 is 6.18 Å². The Balaban J connectivity index is 1.70. The van der Waals surface area contributed by atoms with Gasteiger partial charge in [-0.2, -0.15) is 18.3 Å². The highest BCUT2D eigenvalue weighted by molar-refractivity contribution is 5.40. The van der Waals surface area contributed by atoms with E-state index in [0.29, 0.717) is 5.82 Å². The van der Waals surface area contributed by atoms with Gasteiger partial charge in [-0.3, -0.25) is 9.58 Å². The molecular weight excluding hydrogens is 345 g/mol. The molecule has 0 amide bonds. The van der Waals surface area contributed by atoms with Gasteiger partial charge in [-0.05, 0) is 26.3 Å². The van der Waals surface area contributed by atoms with Crippen LogP contribution in [0.2, 0.25) is 0 Å². The van der Waals surface area contributed by atoms with Crippen LogP contribution in [0.15, 0.2) is 18.6 Å². The Morgan fingerprint density at radius 1 is 1.31 bits per heavy atom. The SMILES string of the molecule is Cc1nn(C)cc1CN1CCCC(N(C)c2cc(C(F)(F)F)ncn2)C1. The summed E-state index contributed by atoms with van der Waals surface area (Å²) in [6.45, 7) is 4.52. The van der Waals surface area contributed by atoms with E-state index in [4.69, 9.17) is 0 Å². The molecule has 0 radical (unpaired) electrons. The number of likely N-dealkylation sites (tertiary alicyclic amines) is 1. The lowest BCUT2D eigenvalue weighted by atomic mass is 10.0. The van der Waals surface area contributed by atoms with Crippen LogP contribution >= 0.6 is 0 Å². The molecule has 0 spiro atoms. The smallest absolute Gasteiger partial charge is 0.355 e. The summed E-state index contributed by atoms with van der Waals surface area (Å²) in [6.07, 6.45) is 0.446. The predicted molar refractivity (Wildman–Crippen MR) is 91.7 cm³/mol. The lowest BCUT2D eigenvalue weighted by Gasteiger charge is -2.38. The van der Waals surface area contributed by atoms with Gasteiger partial charge in [0, 0.05) is 51.1 Å². The number of anilines is 1. The fourth-order valence-electron chi connectivity index (χ4n) is 3.42. The highest BCUT2D eigenvalue weighted by Crippen LogP contribution is 2.30. The van der Waals surface area contributed by atoms with Gasteiger partial charge in [-0.1, -0.05) is 0 Å². The Morgan fingerprint density at radius 3 is 2.73 bits per heavy atom. The van der Waals surface area contributed by atoms with Crippen LogP contribution in [0.1, 0.15) is 29.8 Å². The summed E-state index contributed by atoms with van der Waals surface area (Å²) >= 11 is 0. The second-order valence-corrected chi connectivity index (χ2v) is 6.81. The van der Waals surface area contributed by atoms with Crippen LogP contribution < -0.4 is 4.90 Å². The number of piperidine rings is 1. The largest absolute Gasteiger partial charge is 0.433 e. The minimum Gasteiger partial charge on any atom is -0.355 e. The normalized spacial score (nSPS) is 18.9. The van der Waals surface area contributed by atoms with Gasteiger partial charge in [0.1, 0.15) is 17.8 Å². The molecule has 0 saturated carbocycles. The van der Waals surface area contributed by atoms with Crippen LogP contribution in [0.5, 0.6) is 0 Å². The van der Waals surface area contributed by atoms with Gasteiger partial charge in [0.25, 0.3) is 0 Å². The Kier molecular flexibility index (Phi) is 5.17. The zero-order valence-electron chi connectivity index (χ0n) is 15.2. The maximum atomic E-state index is 12.9. The van der Waals surface area contributed by atoms with Gasteiger partial charge in [0.05, 0.1) is 5.69 Å². The lowest BCUT2D eigenvalue weighted by Crippen LogP contribution is -2.46. The first-order valence-corrected chi connectivity index (χ1v) is 8.57. The first kappa shape index (κ1) is 18.6. The molecule has 0 bridgehead atoms.